The van der Waals surface area contributed by atoms with Crippen molar-refractivity contribution in [2.24, 2.45) is 0 Å². The smallest absolute Gasteiger partial charge is 0.0345 e. The maximum atomic E-state index is 2.34. The quantitative estimate of drug-likeness (QED) is 0.480. The van der Waals surface area contributed by atoms with Gasteiger partial charge in [0.05, 0.1) is 0 Å². The molecule has 0 heteroatoms. The van der Waals surface area contributed by atoms with Gasteiger partial charge in [-0.2, -0.15) is 0 Å². The molecule has 0 N–H and O–H groups in total. The van der Waals surface area contributed by atoms with E-state index in [1.54, 1.807) is 0 Å². The van der Waals surface area contributed by atoms with Crippen molar-refractivity contribution >= 4 is 0 Å². The van der Waals surface area contributed by atoms with E-state index >= 15 is 0 Å². The third-order valence-electron chi connectivity index (χ3n) is 2.28. The Hall–Kier alpha value is -0.780. The third-order valence-corrected chi connectivity index (χ3v) is 2.28. The molecule has 0 amide bonds. The Labute approximate surface area is 82.0 Å². The zero-order chi connectivity index (χ0) is 9.19. The molecule has 0 spiro atoms. The molecule has 1 aliphatic rings. The Balaban J connectivity index is 2.28. The van der Waals surface area contributed by atoms with Gasteiger partial charge in [0.1, 0.15) is 0 Å². The Morgan fingerprint density at radius 2 is 0.923 bits per heavy atom. The molecule has 72 valence electrons. The van der Waals surface area contributed by atoms with Gasteiger partial charge >= 0.3 is 0 Å². The van der Waals surface area contributed by atoms with E-state index in [4.69, 9.17) is 0 Å². The fourth-order valence-corrected chi connectivity index (χ4v) is 1.46. The van der Waals surface area contributed by atoms with Crippen molar-refractivity contribution in [1.29, 1.82) is 0 Å². The van der Waals surface area contributed by atoms with Gasteiger partial charge in [0.25, 0.3) is 0 Å². The average Bonchev–Trinajstić information content (AvgIpc) is 2.18. The minimum Gasteiger partial charge on any atom is -0.0885 e. The fraction of sp³-hybridized carbons (Fsp3) is 0.538. The standard InChI is InChI=1S/C13H20/c1-2-4-6-8-10-12-13-11-9-7-5-3-1/h1-4,11,13H,5-10,12H2/b3-1-,4-2+,13-11+. The lowest BCUT2D eigenvalue weighted by Crippen LogP contribution is -1.72. The molecule has 0 aromatic rings. The van der Waals surface area contributed by atoms with Gasteiger partial charge < -0.3 is 0 Å². The van der Waals surface area contributed by atoms with Crippen LogP contribution in [0, 0.1) is 0 Å². The summed E-state index contributed by atoms with van der Waals surface area (Å²) in [7, 11) is 0. The van der Waals surface area contributed by atoms with Crippen LogP contribution in [-0.2, 0) is 0 Å². The first-order valence-electron chi connectivity index (χ1n) is 5.47. The van der Waals surface area contributed by atoms with Gasteiger partial charge in [-0.3, -0.25) is 0 Å². The summed E-state index contributed by atoms with van der Waals surface area (Å²) in [6.45, 7) is 0. The minimum absolute atomic E-state index is 1.22. The van der Waals surface area contributed by atoms with Crippen LogP contribution in [0.5, 0.6) is 0 Å². The predicted molar refractivity (Wildman–Crippen MR) is 59.7 cm³/mol. The summed E-state index contributed by atoms with van der Waals surface area (Å²) in [6, 6.07) is 0. The van der Waals surface area contributed by atoms with Crippen LogP contribution in [0.25, 0.3) is 0 Å². The first-order chi connectivity index (χ1) is 6.50. The molecule has 0 fully saturated rings. The van der Waals surface area contributed by atoms with Gasteiger partial charge in [0.15, 0.2) is 0 Å². The van der Waals surface area contributed by atoms with Gasteiger partial charge in [-0.25, -0.2) is 0 Å². The lowest BCUT2D eigenvalue weighted by atomic mass is 10.1. The molecule has 1 aliphatic carbocycles. The van der Waals surface area contributed by atoms with Gasteiger partial charge in [-0.05, 0) is 44.9 Å². The van der Waals surface area contributed by atoms with E-state index in [0.29, 0.717) is 0 Å². The van der Waals surface area contributed by atoms with Crippen LogP contribution in [0.15, 0.2) is 36.5 Å². The molecule has 0 bridgehead atoms. The molecule has 1 rings (SSSR count). The Bertz CT molecular complexity index is 184. The summed E-state index contributed by atoms with van der Waals surface area (Å²) < 4.78 is 0. The maximum absolute atomic E-state index is 2.34. The zero-order valence-corrected chi connectivity index (χ0v) is 8.41. The molecule has 0 atom stereocenters. The SMILES string of the molecule is C1=C\CCC/C=C/CCCC/C=C/1. The number of hydrogen-bond donors (Lipinski definition) is 0. The van der Waals surface area contributed by atoms with Crippen LogP contribution in [0.2, 0.25) is 0 Å². The molecule has 0 aromatic carbocycles. The average molecular weight is 176 g/mol. The van der Waals surface area contributed by atoms with Gasteiger partial charge in [-0.15, -0.1) is 0 Å². The lowest BCUT2D eigenvalue weighted by molar-refractivity contribution is 0.759. The normalized spacial score (nSPS) is 27.7. The van der Waals surface area contributed by atoms with Crippen molar-refractivity contribution in [3.05, 3.63) is 36.5 Å². The summed E-state index contributed by atoms with van der Waals surface area (Å²) in [5.74, 6) is 0. The second-order valence-electron chi connectivity index (χ2n) is 3.54. The van der Waals surface area contributed by atoms with Crippen molar-refractivity contribution in [3.63, 3.8) is 0 Å². The third kappa shape index (κ3) is 6.39. The second kappa shape index (κ2) is 7.85. The molecule has 0 saturated heterocycles. The van der Waals surface area contributed by atoms with Gasteiger partial charge in [0.2, 0.25) is 0 Å². The van der Waals surface area contributed by atoms with E-state index in [0.717, 1.165) is 0 Å². The van der Waals surface area contributed by atoms with Crippen molar-refractivity contribution < 1.29 is 0 Å². The largest absolute Gasteiger partial charge is 0.0885 e. The van der Waals surface area contributed by atoms with E-state index in [1.807, 2.05) is 0 Å². The first-order valence-corrected chi connectivity index (χ1v) is 5.47. The van der Waals surface area contributed by atoms with Crippen molar-refractivity contribution in [3.8, 4) is 0 Å². The molecule has 0 saturated carbocycles. The highest BCUT2D eigenvalue weighted by Crippen LogP contribution is 2.05. The van der Waals surface area contributed by atoms with Crippen LogP contribution in [0.3, 0.4) is 0 Å². The summed E-state index contributed by atoms with van der Waals surface area (Å²) in [5.41, 5.74) is 0. The van der Waals surface area contributed by atoms with E-state index in [-0.39, 0.29) is 0 Å². The van der Waals surface area contributed by atoms with Crippen LogP contribution < -0.4 is 0 Å². The molecular weight excluding hydrogens is 156 g/mol. The highest BCUT2D eigenvalue weighted by atomic mass is 13.9. The summed E-state index contributed by atoms with van der Waals surface area (Å²) in [6.07, 6.45) is 22.5. The fourth-order valence-electron chi connectivity index (χ4n) is 1.46. The zero-order valence-electron chi connectivity index (χ0n) is 8.41. The Morgan fingerprint density at radius 3 is 1.62 bits per heavy atom. The molecule has 0 unspecified atom stereocenters. The van der Waals surface area contributed by atoms with E-state index < -0.39 is 0 Å². The number of allylic oxidation sites excluding steroid dienone is 6. The predicted octanol–water partition coefficient (Wildman–Crippen LogP) is 4.40. The topological polar surface area (TPSA) is 0 Å². The molecular formula is C13H20. The van der Waals surface area contributed by atoms with E-state index in [9.17, 15) is 0 Å². The molecule has 0 aromatic heterocycles. The van der Waals surface area contributed by atoms with Crippen molar-refractivity contribution in [2.75, 3.05) is 0 Å². The van der Waals surface area contributed by atoms with Crippen LogP contribution in [-0.4, -0.2) is 0 Å². The molecule has 0 heterocycles. The first kappa shape index (κ1) is 10.3. The monoisotopic (exact) mass is 176 g/mol. The molecule has 0 nitrogen and oxygen atoms in total. The molecule has 13 heavy (non-hydrogen) atoms. The van der Waals surface area contributed by atoms with Crippen molar-refractivity contribution in [2.45, 2.75) is 44.9 Å². The molecule has 0 aliphatic heterocycles. The van der Waals surface area contributed by atoms with Crippen LogP contribution >= 0.6 is 0 Å². The van der Waals surface area contributed by atoms with E-state index in [1.165, 1.54) is 44.9 Å². The summed E-state index contributed by atoms with van der Waals surface area (Å²) >= 11 is 0. The highest BCUT2D eigenvalue weighted by Gasteiger charge is 1.85. The summed E-state index contributed by atoms with van der Waals surface area (Å²) in [4.78, 5) is 0. The van der Waals surface area contributed by atoms with Crippen LogP contribution in [0.4, 0.5) is 0 Å². The highest BCUT2D eigenvalue weighted by molar-refractivity contribution is 5.02. The Kier molecular flexibility index (Phi) is 6.22. The number of rotatable bonds is 0. The maximum Gasteiger partial charge on any atom is -0.0345 e. The second-order valence-corrected chi connectivity index (χ2v) is 3.54. The van der Waals surface area contributed by atoms with Crippen molar-refractivity contribution in [1.82, 2.24) is 0 Å². The van der Waals surface area contributed by atoms with Gasteiger partial charge in [0, 0.05) is 0 Å². The van der Waals surface area contributed by atoms with Gasteiger partial charge in [-0.1, -0.05) is 36.5 Å². The number of hydrogen-bond acceptors (Lipinski definition) is 0. The van der Waals surface area contributed by atoms with E-state index in [2.05, 4.69) is 36.5 Å². The minimum atomic E-state index is 1.22. The van der Waals surface area contributed by atoms with Crippen LogP contribution in [0.1, 0.15) is 44.9 Å². The lowest BCUT2D eigenvalue weighted by Gasteiger charge is -1.92. The summed E-state index contributed by atoms with van der Waals surface area (Å²) in [5, 5.41) is 0. The molecule has 0 radical (unpaired) electrons. The Morgan fingerprint density at radius 1 is 0.462 bits per heavy atom.